The lowest BCUT2D eigenvalue weighted by atomic mass is 10.2. The van der Waals surface area contributed by atoms with E-state index in [2.05, 4.69) is 32.5 Å². The number of aliphatic hydroxyl groups is 1. The molecule has 3 N–H and O–H groups in total. The number of pyridine rings is 1. The molecule has 0 aromatic carbocycles. The van der Waals surface area contributed by atoms with Crippen LogP contribution in [0.4, 0.5) is 5.82 Å². The Balaban J connectivity index is 2.00. The summed E-state index contributed by atoms with van der Waals surface area (Å²) in [5.41, 5.74) is 0.912. The molecule has 132 valence electrons. The molecule has 1 aromatic heterocycles. The highest BCUT2D eigenvalue weighted by atomic mass is 16.3. The van der Waals surface area contributed by atoms with Crippen LogP contribution in [0.1, 0.15) is 12.5 Å². The van der Waals surface area contributed by atoms with E-state index in [1.807, 2.05) is 12.1 Å². The van der Waals surface area contributed by atoms with Gasteiger partial charge in [0.05, 0.1) is 6.61 Å². The second-order valence-electron chi connectivity index (χ2n) is 5.93. The van der Waals surface area contributed by atoms with Crippen LogP contribution in [0.2, 0.25) is 0 Å². The molecular formula is C16H25N5O3. The van der Waals surface area contributed by atoms with Crippen molar-refractivity contribution in [2.45, 2.75) is 19.5 Å². The molecule has 0 unspecified atom stereocenters. The minimum absolute atomic E-state index is 0.296. The van der Waals surface area contributed by atoms with Gasteiger partial charge in [-0.05, 0) is 13.1 Å². The number of nitrogens with one attached hydrogen (secondary N) is 2. The number of rotatable bonds is 6. The Morgan fingerprint density at radius 3 is 2.67 bits per heavy atom. The molecule has 0 bridgehead atoms. The number of carbonyl (C=O) groups excluding carboxylic acids is 2. The molecule has 0 saturated carbocycles. The first kappa shape index (κ1) is 18.2. The van der Waals surface area contributed by atoms with Gasteiger partial charge in [0.2, 0.25) is 11.8 Å². The number of carbonyl (C=O) groups is 2. The number of aromatic nitrogens is 1. The Kier molecular flexibility index (Phi) is 6.51. The fraction of sp³-hybridized carbons (Fsp3) is 0.562. The van der Waals surface area contributed by atoms with Crippen LogP contribution >= 0.6 is 0 Å². The van der Waals surface area contributed by atoms with Crippen LogP contribution in [0.5, 0.6) is 0 Å². The first-order chi connectivity index (χ1) is 11.5. The van der Waals surface area contributed by atoms with E-state index in [9.17, 15) is 14.7 Å². The van der Waals surface area contributed by atoms with E-state index in [0.29, 0.717) is 6.54 Å². The number of piperazine rings is 1. The quantitative estimate of drug-likeness (QED) is 0.613. The molecule has 1 saturated heterocycles. The van der Waals surface area contributed by atoms with Crippen molar-refractivity contribution in [2.75, 3.05) is 44.7 Å². The van der Waals surface area contributed by atoms with Crippen molar-refractivity contribution in [3.05, 3.63) is 23.9 Å². The van der Waals surface area contributed by atoms with E-state index in [1.165, 1.54) is 6.92 Å². The molecule has 0 spiro atoms. The minimum Gasteiger partial charge on any atom is -0.394 e. The number of hydrogen-bond acceptors (Lipinski definition) is 6. The van der Waals surface area contributed by atoms with Crippen LogP contribution < -0.4 is 15.5 Å². The van der Waals surface area contributed by atoms with E-state index < -0.39 is 18.6 Å². The Morgan fingerprint density at radius 2 is 2.04 bits per heavy atom. The molecule has 1 aromatic rings. The first-order valence-corrected chi connectivity index (χ1v) is 8.04. The Morgan fingerprint density at radius 1 is 1.33 bits per heavy atom. The lowest BCUT2D eigenvalue weighted by molar-refractivity contribution is -0.129. The fourth-order valence-electron chi connectivity index (χ4n) is 2.62. The number of hydrogen-bond donors (Lipinski definition) is 3. The predicted molar refractivity (Wildman–Crippen MR) is 90.5 cm³/mol. The normalized spacial score (nSPS) is 16.5. The molecular weight excluding hydrogens is 310 g/mol. The van der Waals surface area contributed by atoms with Gasteiger partial charge in [-0.15, -0.1) is 0 Å². The molecule has 24 heavy (non-hydrogen) atoms. The van der Waals surface area contributed by atoms with Crippen molar-refractivity contribution >= 4 is 17.6 Å². The molecule has 1 fully saturated rings. The van der Waals surface area contributed by atoms with Crippen molar-refractivity contribution in [3.63, 3.8) is 0 Å². The van der Waals surface area contributed by atoms with Gasteiger partial charge < -0.3 is 25.5 Å². The Hall–Kier alpha value is -2.19. The number of nitrogens with zero attached hydrogens (tertiary/aromatic N) is 3. The summed E-state index contributed by atoms with van der Waals surface area (Å²) >= 11 is 0. The Bertz CT molecular complexity index is 573. The summed E-state index contributed by atoms with van der Waals surface area (Å²) in [5.74, 6) is 0.0931. The summed E-state index contributed by atoms with van der Waals surface area (Å²) in [7, 11) is 2.09. The third kappa shape index (κ3) is 4.90. The van der Waals surface area contributed by atoms with Crippen LogP contribution in [0.3, 0.4) is 0 Å². The van der Waals surface area contributed by atoms with E-state index in [1.54, 1.807) is 6.20 Å². The zero-order valence-electron chi connectivity index (χ0n) is 14.2. The lowest BCUT2D eigenvalue weighted by Gasteiger charge is -2.34. The summed E-state index contributed by atoms with van der Waals surface area (Å²) in [6.45, 7) is 4.88. The number of anilines is 1. The number of likely N-dealkylation sites (N-methyl/N-ethyl adjacent to an activating group) is 1. The number of amides is 2. The predicted octanol–water partition coefficient (Wildman–Crippen LogP) is -1.05. The smallest absolute Gasteiger partial charge is 0.245 e. The summed E-state index contributed by atoms with van der Waals surface area (Å²) in [6.07, 6.45) is 1.74. The highest BCUT2D eigenvalue weighted by Crippen LogP contribution is 2.18. The third-order valence-corrected chi connectivity index (χ3v) is 4.00. The second-order valence-corrected chi connectivity index (χ2v) is 5.93. The Labute approximate surface area is 141 Å². The highest BCUT2D eigenvalue weighted by Gasteiger charge is 2.20. The van der Waals surface area contributed by atoms with Crippen LogP contribution in [-0.4, -0.2) is 72.7 Å². The van der Waals surface area contributed by atoms with Crippen LogP contribution in [0.25, 0.3) is 0 Å². The van der Waals surface area contributed by atoms with Gasteiger partial charge in [0, 0.05) is 51.4 Å². The van der Waals surface area contributed by atoms with Gasteiger partial charge in [0.1, 0.15) is 11.9 Å². The van der Waals surface area contributed by atoms with Crippen molar-refractivity contribution in [3.8, 4) is 0 Å². The van der Waals surface area contributed by atoms with Crippen molar-refractivity contribution in [1.82, 2.24) is 20.5 Å². The van der Waals surface area contributed by atoms with Gasteiger partial charge in [-0.25, -0.2) is 4.98 Å². The van der Waals surface area contributed by atoms with Gasteiger partial charge >= 0.3 is 0 Å². The van der Waals surface area contributed by atoms with Gasteiger partial charge in [-0.3, -0.25) is 9.59 Å². The first-order valence-electron chi connectivity index (χ1n) is 8.04. The van der Waals surface area contributed by atoms with Crippen molar-refractivity contribution in [2.24, 2.45) is 0 Å². The third-order valence-electron chi connectivity index (χ3n) is 4.00. The van der Waals surface area contributed by atoms with Crippen LogP contribution in [0.15, 0.2) is 18.3 Å². The molecule has 2 heterocycles. The zero-order valence-corrected chi connectivity index (χ0v) is 14.2. The molecule has 1 atom stereocenters. The highest BCUT2D eigenvalue weighted by molar-refractivity contribution is 5.86. The fourth-order valence-corrected chi connectivity index (χ4v) is 2.62. The maximum Gasteiger partial charge on any atom is 0.245 e. The maximum atomic E-state index is 12.1. The molecule has 0 radical (unpaired) electrons. The van der Waals surface area contributed by atoms with Crippen molar-refractivity contribution in [1.29, 1.82) is 0 Å². The van der Waals surface area contributed by atoms with Gasteiger partial charge in [-0.2, -0.15) is 0 Å². The summed E-state index contributed by atoms with van der Waals surface area (Å²) in [4.78, 5) is 32.1. The van der Waals surface area contributed by atoms with Gasteiger partial charge in [0.25, 0.3) is 0 Å². The molecule has 1 aliphatic rings. The minimum atomic E-state index is -0.939. The molecule has 8 heteroatoms. The molecule has 0 aliphatic carbocycles. The standard InChI is InChI=1S/C16H25N5O3/c1-12(23)19-14(11-22)16(24)18-10-13-4-3-5-17-15(13)21-8-6-20(2)7-9-21/h3-5,14,22H,6-11H2,1-2H3,(H,18,24)(H,19,23)/t14-/m0/s1. The molecule has 8 nitrogen and oxygen atoms in total. The maximum absolute atomic E-state index is 12.1. The summed E-state index contributed by atoms with van der Waals surface area (Å²) < 4.78 is 0. The molecule has 2 amide bonds. The number of aliphatic hydroxyl groups excluding tert-OH is 1. The van der Waals surface area contributed by atoms with Crippen molar-refractivity contribution < 1.29 is 14.7 Å². The topological polar surface area (TPSA) is 97.8 Å². The van der Waals surface area contributed by atoms with Crippen LogP contribution in [-0.2, 0) is 16.1 Å². The van der Waals surface area contributed by atoms with Gasteiger partial charge in [0.15, 0.2) is 0 Å². The lowest BCUT2D eigenvalue weighted by Crippen LogP contribution is -2.48. The van der Waals surface area contributed by atoms with E-state index in [0.717, 1.165) is 37.6 Å². The summed E-state index contributed by atoms with van der Waals surface area (Å²) in [5, 5.41) is 14.4. The van der Waals surface area contributed by atoms with E-state index in [-0.39, 0.29) is 5.91 Å². The average molecular weight is 335 g/mol. The van der Waals surface area contributed by atoms with E-state index >= 15 is 0 Å². The zero-order chi connectivity index (χ0) is 17.5. The summed E-state index contributed by atoms with van der Waals surface area (Å²) in [6, 6.07) is 2.82. The van der Waals surface area contributed by atoms with Crippen LogP contribution in [0, 0.1) is 0 Å². The monoisotopic (exact) mass is 335 g/mol. The SMILES string of the molecule is CC(=O)N[C@@H](CO)C(=O)NCc1cccnc1N1CCN(C)CC1. The van der Waals surface area contributed by atoms with E-state index in [4.69, 9.17) is 0 Å². The molecule has 2 rings (SSSR count). The average Bonchev–Trinajstić information content (AvgIpc) is 2.58. The largest absolute Gasteiger partial charge is 0.394 e. The van der Waals surface area contributed by atoms with Gasteiger partial charge in [-0.1, -0.05) is 6.07 Å². The second kappa shape index (κ2) is 8.60. The molecule has 1 aliphatic heterocycles.